The Labute approximate surface area is 147 Å². The van der Waals surface area contributed by atoms with Crippen LogP contribution in [0.25, 0.3) is 11.1 Å². The molecule has 4 nitrogen and oxygen atoms in total. The van der Waals surface area contributed by atoms with Gasteiger partial charge in [0, 0.05) is 0 Å². The molecule has 0 saturated heterocycles. The number of fused-ring (bicyclic) bond motifs is 3. The van der Waals surface area contributed by atoms with Crippen molar-refractivity contribution in [2.24, 2.45) is 14.1 Å². The molecule has 0 aliphatic carbocycles. The number of nitrogens with zero attached hydrogens (tertiary/aromatic N) is 4. The highest BCUT2D eigenvalue weighted by molar-refractivity contribution is 6.93. The van der Waals surface area contributed by atoms with Crippen LogP contribution in [0, 0.1) is 0 Å². The van der Waals surface area contributed by atoms with Crippen molar-refractivity contribution in [2.45, 2.75) is 0 Å². The SMILES string of the molecule is Cn1cc[n+]([B-]2([n+]3ccn(C)c3)c3ccccc3-c3ccccc32)c1. The van der Waals surface area contributed by atoms with Gasteiger partial charge in [0.1, 0.15) is 12.4 Å². The number of benzene rings is 2. The molecular formula is C20H20BN4+. The predicted molar refractivity (Wildman–Crippen MR) is 98.9 cm³/mol. The van der Waals surface area contributed by atoms with E-state index in [2.05, 4.69) is 118 Å². The van der Waals surface area contributed by atoms with Gasteiger partial charge in [-0.05, 0) is 11.1 Å². The molecule has 5 heteroatoms. The van der Waals surface area contributed by atoms with Gasteiger partial charge in [-0.15, -0.1) is 10.9 Å². The molecule has 0 amide bonds. The van der Waals surface area contributed by atoms with E-state index in [1.807, 2.05) is 0 Å². The van der Waals surface area contributed by atoms with E-state index in [9.17, 15) is 0 Å². The van der Waals surface area contributed by atoms with Crippen molar-refractivity contribution in [2.75, 3.05) is 0 Å². The van der Waals surface area contributed by atoms with Crippen LogP contribution in [0.1, 0.15) is 0 Å². The maximum atomic E-state index is 2.37. The highest BCUT2D eigenvalue weighted by Crippen LogP contribution is 2.25. The fraction of sp³-hybridized carbons (Fsp3) is 0.100. The third kappa shape index (κ3) is 1.78. The highest BCUT2D eigenvalue weighted by Gasteiger charge is 2.50. The molecule has 0 atom stereocenters. The Kier molecular flexibility index (Phi) is 2.83. The number of hydrogen-bond acceptors (Lipinski definition) is 0. The molecule has 4 aromatic rings. The van der Waals surface area contributed by atoms with Crippen LogP contribution < -0.4 is 19.9 Å². The van der Waals surface area contributed by atoms with E-state index >= 15 is 0 Å². The van der Waals surface area contributed by atoms with E-state index < -0.39 is 6.42 Å². The van der Waals surface area contributed by atoms with Crippen LogP contribution in [-0.2, 0) is 14.1 Å². The predicted octanol–water partition coefficient (Wildman–Crippen LogP) is 0.572. The van der Waals surface area contributed by atoms with Crippen molar-refractivity contribution in [3.63, 3.8) is 0 Å². The van der Waals surface area contributed by atoms with Gasteiger partial charge in [0.2, 0.25) is 0 Å². The molecule has 5 rings (SSSR count). The topological polar surface area (TPSA) is 17.6 Å². The lowest BCUT2D eigenvalue weighted by Crippen LogP contribution is -2.91. The molecule has 0 unspecified atom stereocenters. The molecule has 0 spiro atoms. The van der Waals surface area contributed by atoms with Crippen molar-refractivity contribution < 1.29 is 8.96 Å². The zero-order valence-corrected chi connectivity index (χ0v) is 14.4. The van der Waals surface area contributed by atoms with Crippen LogP contribution in [0.2, 0.25) is 0 Å². The van der Waals surface area contributed by atoms with Crippen molar-refractivity contribution in [3.8, 4) is 11.1 Å². The molecule has 2 aromatic carbocycles. The van der Waals surface area contributed by atoms with Crippen LogP contribution in [0.5, 0.6) is 0 Å². The Morgan fingerprint density at radius 2 is 1.12 bits per heavy atom. The molecule has 0 bridgehead atoms. The molecule has 0 saturated carbocycles. The fourth-order valence-corrected chi connectivity index (χ4v) is 4.53. The number of aryl methyl sites for hydroxylation is 2. The Morgan fingerprint density at radius 1 is 0.680 bits per heavy atom. The summed E-state index contributed by atoms with van der Waals surface area (Å²) in [6.07, 6.45) is 11.6. The van der Waals surface area contributed by atoms with Crippen LogP contribution in [0.15, 0.2) is 86.0 Å². The van der Waals surface area contributed by atoms with Gasteiger partial charge in [0.15, 0.2) is 12.7 Å². The Bertz CT molecular complexity index is 1000. The maximum absolute atomic E-state index is 2.37. The van der Waals surface area contributed by atoms with Gasteiger partial charge in [-0.3, -0.25) is 0 Å². The summed E-state index contributed by atoms with van der Waals surface area (Å²) in [5.41, 5.74) is 5.36. The second kappa shape index (κ2) is 4.96. The average Bonchev–Trinajstić information content (AvgIpc) is 3.32. The second-order valence-corrected chi connectivity index (χ2v) is 7.00. The van der Waals surface area contributed by atoms with E-state index in [0.717, 1.165) is 0 Å². The normalized spacial score (nSPS) is 14.3. The van der Waals surface area contributed by atoms with Gasteiger partial charge in [-0.25, -0.2) is 9.13 Å². The largest absolute Gasteiger partial charge is 0.438 e. The monoisotopic (exact) mass is 327 g/mol. The van der Waals surface area contributed by atoms with Gasteiger partial charge in [-0.2, -0.15) is 0 Å². The van der Waals surface area contributed by atoms with Gasteiger partial charge < -0.3 is 8.96 Å². The molecule has 1 aliphatic heterocycles. The van der Waals surface area contributed by atoms with E-state index in [1.54, 1.807) is 0 Å². The van der Waals surface area contributed by atoms with Crippen LogP contribution in [-0.4, -0.2) is 15.6 Å². The van der Waals surface area contributed by atoms with E-state index in [-0.39, 0.29) is 0 Å². The van der Waals surface area contributed by atoms with Crippen molar-refractivity contribution in [3.05, 3.63) is 86.0 Å². The Morgan fingerprint density at radius 3 is 1.52 bits per heavy atom. The van der Waals surface area contributed by atoms with Gasteiger partial charge in [0.25, 0.3) is 0 Å². The summed E-state index contributed by atoms with van der Waals surface area (Å²) in [7, 11) is 4.14. The van der Waals surface area contributed by atoms with Crippen molar-refractivity contribution in [1.29, 1.82) is 0 Å². The maximum Gasteiger partial charge on any atom is 0.438 e. The number of imidazole rings is 2. The number of rotatable bonds is 2. The molecule has 3 heterocycles. The summed E-state index contributed by atoms with van der Waals surface area (Å²) < 4.78 is 8.95. The quantitative estimate of drug-likeness (QED) is 0.422. The number of aromatic nitrogens is 4. The minimum atomic E-state index is -1.31. The number of hydrogen-bond donors (Lipinski definition) is 0. The lowest BCUT2D eigenvalue weighted by molar-refractivity contribution is -0.679. The highest BCUT2D eigenvalue weighted by atomic mass is 15.2. The first-order valence-corrected chi connectivity index (χ1v) is 8.63. The van der Waals surface area contributed by atoms with Crippen LogP contribution >= 0.6 is 0 Å². The van der Waals surface area contributed by atoms with Gasteiger partial charge in [-0.1, -0.05) is 48.5 Å². The second-order valence-electron chi connectivity index (χ2n) is 7.00. The fourth-order valence-electron chi connectivity index (χ4n) is 4.53. The first kappa shape index (κ1) is 14.3. The van der Waals surface area contributed by atoms with Crippen LogP contribution in [0.3, 0.4) is 0 Å². The average molecular weight is 327 g/mol. The van der Waals surface area contributed by atoms with Crippen molar-refractivity contribution in [1.82, 2.24) is 9.13 Å². The van der Waals surface area contributed by atoms with E-state index in [1.165, 1.54) is 22.1 Å². The summed E-state index contributed by atoms with van der Waals surface area (Å²) in [5, 5.41) is 0. The molecule has 0 N–H and O–H groups in total. The lowest BCUT2D eigenvalue weighted by Gasteiger charge is -2.31. The first-order chi connectivity index (χ1) is 12.2. The smallest absolute Gasteiger partial charge is 0.385 e. The molecule has 122 valence electrons. The van der Waals surface area contributed by atoms with Gasteiger partial charge in [0.05, 0.1) is 26.5 Å². The zero-order valence-electron chi connectivity index (χ0n) is 14.4. The summed E-state index contributed by atoms with van der Waals surface area (Å²) in [6.45, 7) is 0. The summed E-state index contributed by atoms with van der Waals surface area (Å²) in [5.74, 6) is 0. The van der Waals surface area contributed by atoms with E-state index in [4.69, 9.17) is 0 Å². The molecule has 0 fully saturated rings. The van der Waals surface area contributed by atoms with Crippen LogP contribution in [0.4, 0.5) is 0 Å². The van der Waals surface area contributed by atoms with Crippen molar-refractivity contribution >= 4 is 17.3 Å². The lowest BCUT2D eigenvalue weighted by atomic mass is 9.39. The molecule has 0 radical (unpaired) electrons. The minimum Gasteiger partial charge on any atom is -0.385 e. The van der Waals surface area contributed by atoms with Gasteiger partial charge >= 0.3 is 6.42 Å². The molecule has 1 aliphatic rings. The third-order valence-corrected chi connectivity index (χ3v) is 5.52. The molecule has 25 heavy (non-hydrogen) atoms. The first-order valence-electron chi connectivity index (χ1n) is 8.63. The third-order valence-electron chi connectivity index (χ3n) is 5.52. The molecule has 2 aromatic heterocycles. The summed E-state index contributed by atoms with van der Waals surface area (Å²) >= 11 is 0. The molecular weight excluding hydrogens is 307 g/mol. The standard InChI is InChI=1S/C20H20BN4/c1-22-11-13-24(15-22)21(25-14-12-23(2)16-25)19-9-5-3-7-17(19)18-8-4-6-10-20(18)21/h3-16H,1-2H3/q+1. The summed E-state index contributed by atoms with van der Waals surface area (Å²) in [4.78, 5) is 0. The zero-order chi connectivity index (χ0) is 17.0. The Hall–Kier alpha value is -3.08. The summed E-state index contributed by atoms with van der Waals surface area (Å²) in [6, 6.07) is 17.6. The van der Waals surface area contributed by atoms with E-state index in [0.29, 0.717) is 0 Å². The Balaban J connectivity index is 1.97. The minimum absolute atomic E-state index is 1.31.